The van der Waals surface area contributed by atoms with Crippen molar-refractivity contribution in [3.63, 3.8) is 0 Å². The maximum atomic E-state index is 11.5. The van der Waals surface area contributed by atoms with E-state index in [2.05, 4.69) is 43.7 Å². The van der Waals surface area contributed by atoms with Gasteiger partial charge in [-0.1, -0.05) is 34.9 Å². The second kappa shape index (κ2) is 14.4. The molecule has 0 aromatic heterocycles. The number of esters is 2. The van der Waals surface area contributed by atoms with E-state index in [1.165, 1.54) is 30.8 Å². The molecule has 0 bridgehead atoms. The van der Waals surface area contributed by atoms with Gasteiger partial charge < -0.3 is 14.6 Å². The largest absolute Gasteiger partial charge is 0.508 e. The molecular formula is C28H40O5. The van der Waals surface area contributed by atoms with E-state index in [4.69, 9.17) is 4.74 Å². The minimum absolute atomic E-state index is 0.167. The van der Waals surface area contributed by atoms with Crippen molar-refractivity contribution < 1.29 is 24.2 Å². The number of phenolic OH excluding ortho intramolecular Hbond substituents is 1. The summed E-state index contributed by atoms with van der Waals surface area (Å²) in [4.78, 5) is 22.7. The van der Waals surface area contributed by atoms with E-state index < -0.39 is 0 Å². The fourth-order valence-electron chi connectivity index (χ4n) is 3.46. The summed E-state index contributed by atoms with van der Waals surface area (Å²) in [6.07, 6.45) is 12.3. The van der Waals surface area contributed by atoms with Crippen LogP contribution in [0.25, 0.3) is 0 Å². The highest BCUT2D eigenvalue weighted by Gasteiger charge is 2.14. The molecule has 1 aromatic carbocycles. The molecule has 0 saturated carbocycles. The molecule has 1 aromatic rings. The SMILES string of the molecule is COC(=O)CC/C(C)=C/CC/C(C)=C/CC/C(C)=C/Cc1cc(O)c(C)c(C)c1OC(C)=O. The second-order valence-corrected chi connectivity index (χ2v) is 8.74. The highest BCUT2D eigenvalue weighted by atomic mass is 16.5. The molecular weight excluding hydrogens is 416 g/mol. The van der Waals surface area contributed by atoms with Gasteiger partial charge in [0.15, 0.2) is 0 Å². The van der Waals surface area contributed by atoms with E-state index >= 15 is 0 Å². The molecule has 0 unspecified atom stereocenters. The number of hydrogen-bond acceptors (Lipinski definition) is 5. The number of ether oxygens (including phenoxy) is 2. The summed E-state index contributed by atoms with van der Waals surface area (Å²) >= 11 is 0. The Balaban J connectivity index is 2.60. The van der Waals surface area contributed by atoms with Crippen molar-refractivity contribution in [3.05, 3.63) is 57.7 Å². The van der Waals surface area contributed by atoms with Gasteiger partial charge in [0.25, 0.3) is 0 Å². The first-order valence-corrected chi connectivity index (χ1v) is 11.6. The van der Waals surface area contributed by atoms with E-state index in [0.717, 1.165) is 48.8 Å². The predicted octanol–water partition coefficient (Wildman–Crippen LogP) is 6.83. The topological polar surface area (TPSA) is 72.8 Å². The van der Waals surface area contributed by atoms with Crippen molar-refractivity contribution in [1.29, 1.82) is 0 Å². The molecule has 0 aliphatic carbocycles. The van der Waals surface area contributed by atoms with Gasteiger partial charge in [0.2, 0.25) is 0 Å². The predicted molar refractivity (Wildman–Crippen MR) is 134 cm³/mol. The molecule has 1 rings (SSSR count). The summed E-state index contributed by atoms with van der Waals surface area (Å²) in [5.41, 5.74) is 6.16. The standard InChI is InChI=1S/C28H40O5/c1-19(11-9-13-21(3)15-17-27(31)32-7)10-8-12-20(2)14-16-25-18-26(30)22(4)23(5)28(25)33-24(6)29/h10,13-14,18,30H,8-9,11-12,15-17H2,1-7H3/b19-10+,20-14+,21-13+. The third kappa shape index (κ3) is 10.6. The minimum atomic E-state index is -0.362. The van der Waals surface area contributed by atoms with Crippen LogP contribution in [0.5, 0.6) is 11.5 Å². The minimum Gasteiger partial charge on any atom is -0.508 e. The van der Waals surface area contributed by atoms with Crippen LogP contribution in [0.1, 0.15) is 82.9 Å². The fourth-order valence-corrected chi connectivity index (χ4v) is 3.46. The number of carbonyl (C=O) groups is 2. The highest BCUT2D eigenvalue weighted by Crippen LogP contribution is 2.33. The zero-order valence-electron chi connectivity index (χ0n) is 21.3. The van der Waals surface area contributed by atoms with Gasteiger partial charge in [0.1, 0.15) is 11.5 Å². The molecule has 0 amide bonds. The Morgan fingerprint density at radius 3 is 1.94 bits per heavy atom. The number of allylic oxidation sites excluding steroid dienone is 6. The van der Waals surface area contributed by atoms with Crippen LogP contribution in [0.4, 0.5) is 0 Å². The summed E-state index contributed by atoms with van der Waals surface area (Å²) in [5, 5.41) is 10.2. The van der Waals surface area contributed by atoms with Crippen LogP contribution in [0.2, 0.25) is 0 Å². The third-order valence-electron chi connectivity index (χ3n) is 5.82. The summed E-state index contributed by atoms with van der Waals surface area (Å²) in [7, 11) is 1.42. The average molecular weight is 457 g/mol. The Morgan fingerprint density at radius 2 is 1.39 bits per heavy atom. The first kappa shape index (κ1) is 28.2. The van der Waals surface area contributed by atoms with Crippen LogP contribution in [-0.4, -0.2) is 24.2 Å². The molecule has 5 heteroatoms. The monoisotopic (exact) mass is 456 g/mol. The zero-order chi connectivity index (χ0) is 25.0. The van der Waals surface area contributed by atoms with E-state index in [0.29, 0.717) is 18.6 Å². The Hall–Kier alpha value is -2.82. The smallest absolute Gasteiger partial charge is 0.308 e. The quantitative estimate of drug-likeness (QED) is 0.212. The first-order chi connectivity index (χ1) is 15.5. The number of rotatable bonds is 12. The van der Waals surface area contributed by atoms with Gasteiger partial charge in [0, 0.05) is 18.9 Å². The summed E-state index contributed by atoms with van der Waals surface area (Å²) < 4.78 is 10.1. The molecule has 0 saturated heterocycles. The van der Waals surface area contributed by atoms with Crippen molar-refractivity contribution in [1.82, 2.24) is 0 Å². The number of phenols is 1. The van der Waals surface area contributed by atoms with Crippen LogP contribution in [0.15, 0.2) is 41.0 Å². The van der Waals surface area contributed by atoms with Gasteiger partial charge in [-0.2, -0.15) is 0 Å². The lowest BCUT2D eigenvalue weighted by atomic mass is 9.99. The number of benzene rings is 1. The average Bonchev–Trinajstić information content (AvgIpc) is 2.76. The van der Waals surface area contributed by atoms with Crippen LogP contribution < -0.4 is 4.74 Å². The molecule has 0 fully saturated rings. The zero-order valence-corrected chi connectivity index (χ0v) is 21.3. The van der Waals surface area contributed by atoms with Crippen LogP contribution in [0, 0.1) is 13.8 Å². The fraction of sp³-hybridized carbons (Fsp3) is 0.500. The Morgan fingerprint density at radius 1 is 0.848 bits per heavy atom. The normalized spacial score (nSPS) is 12.6. The van der Waals surface area contributed by atoms with E-state index in [1.807, 2.05) is 13.8 Å². The van der Waals surface area contributed by atoms with Gasteiger partial charge in [-0.25, -0.2) is 0 Å². The molecule has 182 valence electrons. The highest BCUT2D eigenvalue weighted by molar-refractivity contribution is 5.71. The van der Waals surface area contributed by atoms with Crippen molar-refractivity contribution in [2.45, 2.75) is 86.5 Å². The maximum Gasteiger partial charge on any atom is 0.308 e. The van der Waals surface area contributed by atoms with Crippen LogP contribution in [-0.2, 0) is 20.7 Å². The molecule has 33 heavy (non-hydrogen) atoms. The Kier molecular flexibility index (Phi) is 12.3. The van der Waals surface area contributed by atoms with Crippen LogP contribution >= 0.6 is 0 Å². The molecule has 0 radical (unpaired) electrons. The van der Waals surface area contributed by atoms with Crippen LogP contribution in [0.3, 0.4) is 0 Å². The number of hydrogen-bond donors (Lipinski definition) is 1. The lowest BCUT2D eigenvalue weighted by Gasteiger charge is -2.14. The van der Waals surface area contributed by atoms with E-state index in [1.54, 1.807) is 6.07 Å². The molecule has 0 aliphatic heterocycles. The molecule has 0 atom stereocenters. The maximum absolute atomic E-state index is 11.5. The lowest BCUT2D eigenvalue weighted by molar-refractivity contribution is -0.140. The molecule has 1 N–H and O–H groups in total. The lowest BCUT2D eigenvalue weighted by Crippen LogP contribution is -2.06. The molecule has 5 nitrogen and oxygen atoms in total. The third-order valence-corrected chi connectivity index (χ3v) is 5.82. The number of carbonyl (C=O) groups excluding carboxylic acids is 2. The van der Waals surface area contributed by atoms with Gasteiger partial charge >= 0.3 is 11.9 Å². The van der Waals surface area contributed by atoms with Gasteiger partial charge in [-0.15, -0.1) is 0 Å². The second-order valence-electron chi connectivity index (χ2n) is 8.74. The van der Waals surface area contributed by atoms with Crippen molar-refractivity contribution in [3.8, 4) is 11.5 Å². The van der Waals surface area contributed by atoms with Gasteiger partial charge in [0.05, 0.1) is 7.11 Å². The summed E-state index contributed by atoms with van der Waals surface area (Å²) in [6.45, 7) is 11.4. The van der Waals surface area contributed by atoms with Crippen molar-refractivity contribution in [2.24, 2.45) is 0 Å². The number of aromatic hydroxyl groups is 1. The van der Waals surface area contributed by atoms with Gasteiger partial charge in [-0.05, 0) is 90.3 Å². The Bertz CT molecular complexity index is 919. The van der Waals surface area contributed by atoms with Crippen molar-refractivity contribution in [2.75, 3.05) is 7.11 Å². The first-order valence-electron chi connectivity index (χ1n) is 11.6. The summed E-state index contributed by atoms with van der Waals surface area (Å²) in [6, 6.07) is 1.69. The van der Waals surface area contributed by atoms with Gasteiger partial charge in [-0.3, -0.25) is 9.59 Å². The van der Waals surface area contributed by atoms with E-state index in [9.17, 15) is 14.7 Å². The van der Waals surface area contributed by atoms with E-state index in [-0.39, 0.29) is 17.7 Å². The summed E-state index contributed by atoms with van der Waals surface area (Å²) in [5.74, 6) is 0.239. The molecule has 0 aliphatic rings. The Labute approximate surface area is 199 Å². The molecule has 0 spiro atoms. The van der Waals surface area contributed by atoms with Crippen molar-refractivity contribution >= 4 is 11.9 Å². The number of methoxy groups -OCH3 is 1. The molecule has 0 heterocycles.